The molecule has 4 nitrogen and oxygen atoms in total. The van der Waals surface area contributed by atoms with Crippen molar-refractivity contribution in [2.24, 2.45) is 0 Å². The summed E-state index contributed by atoms with van der Waals surface area (Å²) >= 11 is 0. The molecule has 24 heavy (non-hydrogen) atoms. The van der Waals surface area contributed by atoms with E-state index >= 15 is 0 Å². The summed E-state index contributed by atoms with van der Waals surface area (Å²) in [5.41, 5.74) is 3.82. The van der Waals surface area contributed by atoms with Crippen LogP contribution in [0.3, 0.4) is 0 Å². The molecular formula is C20H23N3O. The summed E-state index contributed by atoms with van der Waals surface area (Å²) in [6, 6.07) is 12.0. The van der Waals surface area contributed by atoms with Gasteiger partial charge in [-0.05, 0) is 50.2 Å². The van der Waals surface area contributed by atoms with Crippen LogP contribution in [-0.2, 0) is 4.79 Å². The van der Waals surface area contributed by atoms with Crippen molar-refractivity contribution >= 4 is 23.2 Å². The van der Waals surface area contributed by atoms with Crippen molar-refractivity contribution in [3.8, 4) is 0 Å². The van der Waals surface area contributed by atoms with Crippen LogP contribution in [0.25, 0.3) is 11.6 Å². The first kappa shape index (κ1) is 15.2. The Morgan fingerprint density at radius 3 is 2.62 bits per heavy atom. The van der Waals surface area contributed by atoms with E-state index in [1.54, 1.807) is 0 Å². The summed E-state index contributed by atoms with van der Waals surface area (Å²) in [5, 5.41) is 0. The number of carbonyl (C=O) groups excluding carboxylic acids is 1. The van der Waals surface area contributed by atoms with E-state index in [1.807, 2.05) is 47.5 Å². The topological polar surface area (TPSA) is 39.3 Å². The Morgan fingerprint density at radius 1 is 1.00 bits per heavy atom. The van der Waals surface area contributed by atoms with Crippen LogP contribution in [0.2, 0.25) is 0 Å². The van der Waals surface area contributed by atoms with Crippen molar-refractivity contribution in [2.75, 3.05) is 31.1 Å². The lowest BCUT2D eigenvalue weighted by atomic mass is 10.1. The number of anilines is 1. The zero-order chi connectivity index (χ0) is 16.4. The summed E-state index contributed by atoms with van der Waals surface area (Å²) < 4.78 is 0. The standard InChI is InChI=1S/C20H23N3O/c24-20-18(15-16-7-6-10-21-16)17-8-2-3-9-19(17)23(20)14-13-22-11-4-1-5-12-22/h2-3,6-10,15,21H,1,4-5,11-14H2/b18-15-. The first-order chi connectivity index (χ1) is 11.8. The van der Waals surface area contributed by atoms with Gasteiger partial charge in [0.1, 0.15) is 0 Å². The Kier molecular flexibility index (Phi) is 4.22. The Morgan fingerprint density at radius 2 is 1.83 bits per heavy atom. The largest absolute Gasteiger partial charge is 0.362 e. The molecule has 2 aliphatic heterocycles. The Hall–Kier alpha value is -2.33. The van der Waals surface area contributed by atoms with E-state index in [0.29, 0.717) is 0 Å². The van der Waals surface area contributed by atoms with E-state index in [2.05, 4.69) is 16.0 Å². The van der Waals surface area contributed by atoms with E-state index in [9.17, 15) is 4.79 Å². The first-order valence-electron chi connectivity index (χ1n) is 8.81. The molecule has 1 saturated heterocycles. The van der Waals surface area contributed by atoms with Crippen LogP contribution in [0.15, 0.2) is 42.6 Å². The maximum Gasteiger partial charge on any atom is 0.259 e. The molecule has 1 amide bonds. The molecular weight excluding hydrogens is 298 g/mol. The van der Waals surface area contributed by atoms with Gasteiger partial charge in [0.15, 0.2) is 0 Å². The molecule has 124 valence electrons. The summed E-state index contributed by atoms with van der Waals surface area (Å²) in [5.74, 6) is 0.114. The number of nitrogens with one attached hydrogen (secondary N) is 1. The van der Waals surface area contributed by atoms with Gasteiger partial charge in [0.2, 0.25) is 0 Å². The summed E-state index contributed by atoms with van der Waals surface area (Å²) in [6.45, 7) is 4.04. The van der Waals surface area contributed by atoms with Crippen molar-refractivity contribution in [3.63, 3.8) is 0 Å². The van der Waals surface area contributed by atoms with Gasteiger partial charge < -0.3 is 14.8 Å². The Labute approximate surface area is 142 Å². The highest BCUT2D eigenvalue weighted by atomic mass is 16.2. The minimum absolute atomic E-state index is 0.114. The van der Waals surface area contributed by atoms with Crippen LogP contribution in [0, 0.1) is 0 Å². The number of aromatic amines is 1. The van der Waals surface area contributed by atoms with Gasteiger partial charge in [0.05, 0.1) is 11.3 Å². The zero-order valence-electron chi connectivity index (χ0n) is 13.9. The second-order valence-electron chi connectivity index (χ2n) is 6.56. The number of likely N-dealkylation sites (tertiary alicyclic amines) is 1. The molecule has 0 radical (unpaired) electrons. The molecule has 4 rings (SSSR count). The monoisotopic (exact) mass is 321 g/mol. The molecule has 0 bridgehead atoms. The summed E-state index contributed by atoms with van der Waals surface area (Å²) in [7, 11) is 0. The SMILES string of the molecule is O=C1/C(=C\c2ccc[nH]2)c2ccccc2N1CCN1CCCCC1. The molecule has 1 N–H and O–H groups in total. The number of benzene rings is 1. The molecule has 0 unspecified atom stereocenters. The van der Waals surface area contributed by atoms with Crippen LogP contribution >= 0.6 is 0 Å². The third kappa shape index (κ3) is 2.89. The van der Waals surface area contributed by atoms with E-state index in [4.69, 9.17) is 0 Å². The fourth-order valence-electron chi connectivity index (χ4n) is 3.68. The van der Waals surface area contributed by atoms with Gasteiger partial charge in [-0.15, -0.1) is 0 Å². The average Bonchev–Trinajstić information content (AvgIpc) is 3.22. The predicted octanol–water partition coefficient (Wildman–Crippen LogP) is 3.39. The van der Waals surface area contributed by atoms with Crippen molar-refractivity contribution in [1.82, 2.24) is 9.88 Å². The molecule has 0 aliphatic carbocycles. The van der Waals surface area contributed by atoms with Gasteiger partial charge in [-0.1, -0.05) is 24.6 Å². The predicted molar refractivity (Wildman–Crippen MR) is 97.7 cm³/mol. The minimum atomic E-state index is 0.114. The second-order valence-corrected chi connectivity index (χ2v) is 6.56. The van der Waals surface area contributed by atoms with Crippen LogP contribution in [0.5, 0.6) is 0 Å². The van der Waals surface area contributed by atoms with Crippen LogP contribution in [0.1, 0.15) is 30.5 Å². The molecule has 0 atom stereocenters. The van der Waals surface area contributed by atoms with E-state index in [-0.39, 0.29) is 5.91 Å². The minimum Gasteiger partial charge on any atom is -0.362 e. The average molecular weight is 321 g/mol. The molecule has 1 aromatic carbocycles. The molecule has 0 saturated carbocycles. The second kappa shape index (κ2) is 6.65. The molecule has 2 aromatic rings. The molecule has 4 heteroatoms. The Balaban J connectivity index is 1.58. The highest BCUT2D eigenvalue weighted by Crippen LogP contribution is 2.37. The Bertz CT molecular complexity index is 742. The van der Waals surface area contributed by atoms with Crippen LogP contribution < -0.4 is 4.90 Å². The lowest BCUT2D eigenvalue weighted by molar-refractivity contribution is -0.113. The molecule has 2 aliphatic rings. The first-order valence-corrected chi connectivity index (χ1v) is 8.81. The van der Waals surface area contributed by atoms with E-state index in [0.717, 1.165) is 48.7 Å². The maximum absolute atomic E-state index is 13.0. The van der Waals surface area contributed by atoms with Crippen LogP contribution in [0.4, 0.5) is 5.69 Å². The van der Waals surface area contributed by atoms with Gasteiger partial charge in [-0.25, -0.2) is 0 Å². The lowest BCUT2D eigenvalue weighted by Gasteiger charge is -2.28. The quantitative estimate of drug-likeness (QED) is 0.877. The van der Waals surface area contributed by atoms with Crippen molar-refractivity contribution in [2.45, 2.75) is 19.3 Å². The van der Waals surface area contributed by atoms with Gasteiger partial charge in [0, 0.05) is 30.5 Å². The number of para-hydroxylation sites is 1. The van der Waals surface area contributed by atoms with Gasteiger partial charge in [0.25, 0.3) is 5.91 Å². The number of nitrogens with zero attached hydrogens (tertiary/aromatic N) is 2. The third-order valence-electron chi connectivity index (χ3n) is 4.97. The molecule has 1 fully saturated rings. The molecule has 3 heterocycles. The zero-order valence-corrected chi connectivity index (χ0v) is 13.9. The fraction of sp³-hybridized carbons (Fsp3) is 0.350. The number of rotatable bonds is 4. The normalized spacial score (nSPS) is 19.9. The fourth-order valence-corrected chi connectivity index (χ4v) is 3.68. The lowest BCUT2D eigenvalue weighted by Crippen LogP contribution is -2.39. The number of aromatic nitrogens is 1. The number of hydrogen-bond donors (Lipinski definition) is 1. The van der Waals surface area contributed by atoms with Gasteiger partial charge >= 0.3 is 0 Å². The van der Waals surface area contributed by atoms with Crippen molar-refractivity contribution < 1.29 is 4.79 Å². The van der Waals surface area contributed by atoms with E-state index in [1.165, 1.54) is 19.3 Å². The summed E-state index contributed by atoms with van der Waals surface area (Å²) in [4.78, 5) is 20.6. The van der Waals surface area contributed by atoms with Crippen molar-refractivity contribution in [3.05, 3.63) is 53.9 Å². The number of hydrogen-bond acceptors (Lipinski definition) is 2. The number of H-pyrrole nitrogens is 1. The third-order valence-corrected chi connectivity index (χ3v) is 4.97. The number of carbonyl (C=O) groups is 1. The van der Waals surface area contributed by atoms with Crippen LogP contribution in [-0.4, -0.2) is 42.0 Å². The van der Waals surface area contributed by atoms with Gasteiger partial charge in [-0.2, -0.15) is 0 Å². The number of amides is 1. The van der Waals surface area contributed by atoms with Crippen molar-refractivity contribution in [1.29, 1.82) is 0 Å². The maximum atomic E-state index is 13.0. The highest BCUT2D eigenvalue weighted by molar-refractivity contribution is 6.35. The molecule has 1 aromatic heterocycles. The van der Waals surface area contributed by atoms with E-state index < -0.39 is 0 Å². The smallest absolute Gasteiger partial charge is 0.259 e. The highest BCUT2D eigenvalue weighted by Gasteiger charge is 2.32. The number of fused-ring (bicyclic) bond motifs is 1. The molecule has 0 spiro atoms. The van der Waals surface area contributed by atoms with Gasteiger partial charge in [-0.3, -0.25) is 4.79 Å². The number of piperidine rings is 1. The summed E-state index contributed by atoms with van der Waals surface area (Å²) in [6.07, 6.45) is 7.74.